The Kier molecular flexibility index (Phi) is 5.68. The second-order valence-electron chi connectivity index (χ2n) is 6.22. The van der Waals surface area contributed by atoms with E-state index in [9.17, 15) is 0 Å². The molecule has 100 valence electrons. The van der Waals surface area contributed by atoms with Crippen LogP contribution in [0.3, 0.4) is 0 Å². The summed E-state index contributed by atoms with van der Waals surface area (Å²) >= 11 is 0. The maximum Gasteiger partial charge on any atom is 0.0251 e. The summed E-state index contributed by atoms with van der Waals surface area (Å²) in [5.74, 6) is 1.47. The summed E-state index contributed by atoms with van der Waals surface area (Å²) in [6.45, 7) is 17.7. The van der Waals surface area contributed by atoms with Gasteiger partial charge in [-0.15, -0.1) is 6.58 Å². The second kappa shape index (κ2) is 6.55. The first-order chi connectivity index (χ1) is 7.95. The molecule has 1 fully saturated rings. The van der Waals surface area contributed by atoms with E-state index in [2.05, 4.69) is 57.5 Å². The third kappa shape index (κ3) is 4.11. The lowest BCUT2D eigenvalue weighted by atomic mass is 9.93. The Bertz CT molecular complexity index is 235. The highest BCUT2D eigenvalue weighted by atomic mass is 15.3. The smallest absolute Gasteiger partial charge is 0.0251 e. The lowest BCUT2D eigenvalue weighted by Gasteiger charge is -2.45. The normalized spacial score (nSPS) is 28.6. The molecular formula is C15H30N2. The van der Waals surface area contributed by atoms with Crippen LogP contribution in [-0.4, -0.2) is 36.1 Å². The molecule has 1 rings (SSSR count). The highest BCUT2D eigenvalue weighted by Gasteiger charge is 2.31. The summed E-state index contributed by atoms with van der Waals surface area (Å²) in [6.07, 6.45) is 3.35. The third-order valence-electron chi connectivity index (χ3n) is 3.86. The van der Waals surface area contributed by atoms with Gasteiger partial charge in [-0.1, -0.05) is 33.8 Å². The molecule has 3 atom stereocenters. The van der Waals surface area contributed by atoms with Crippen molar-refractivity contribution in [3.8, 4) is 0 Å². The van der Waals surface area contributed by atoms with Crippen LogP contribution in [0.15, 0.2) is 12.7 Å². The number of hydrogen-bond donors (Lipinski definition) is 1. The van der Waals surface area contributed by atoms with E-state index >= 15 is 0 Å². The fraction of sp³-hybridized carbons (Fsp3) is 0.867. The predicted molar refractivity (Wildman–Crippen MR) is 76.2 cm³/mol. The number of hydrogen-bond acceptors (Lipinski definition) is 2. The van der Waals surface area contributed by atoms with Gasteiger partial charge in [0.15, 0.2) is 0 Å². The van der Waals surface area contributed by atoms with E-state index in [1.165, 1.54) is 6.42 Å². The van der Waals surface area contributed by atoms with Crippen LogP contribution in [0.5, 0.6) is 0 Å². The highest BCUT2D eigenvalue weighted by molar-refractivity contribution is 4.95. The van der Waals surface area contributed by atoms with Crippen LogP contribution in [0.4, 0.5) is 0 Å². The maximum absolute atomic E-state index is 3.95. The lowest BCUT2D eigenvalue weighted by Crippen LogP contribution is -2.60. The minimum Gasteiger partial charge on any atom is -0.311 e. The van der Waals surface area contributed by atoms with E-state index in [1.54, 1.807) is 0 Å². The molecule has 1 N–H and O–H groups in total. The average molecular weight is 238 g/mol. The number of piperazine rings is 1. The molecule has 1 heterocycles. The molecule has 0 aromatic carbocycles. The first-order valence-electron chi connectivity index (χ1n) is 7.07. The van der Waals surface area contributed by atoms with Gasteiger partial charge in [-0.25, -0.2) is 0 Å². The van der Waals surface area contributed by atoms with Gasteiger partial charge in [0.1, 0.15) is 0 Å². The van der Waals surface area contributed by atoms with Crippen LogP contribution < -0.4 is 5.32 Å². The Morgan fingerprint density at radius 1 is 1.29 bits per heavy atom. The largest absolute Gasteiger partial charge is 0.311 e. The van der Waals surface area contributed by atoms with Crippen molar-refractivity contribution in [3.05, 3.63) is 12.7 Å². The molecule has 2 heteroatoms. The molecule has 0 saturated carbocycles. The Balaban J connectivity index is 2.66. The summed E-state index contributed by atoms with van der Waals surface area (Å²) in [4.78, 5) is 2.63. The highest BCUT2D eigenvalue weighted by Crippen LogP contribution is 2.20. The van der Waals surface area contributed by atoms with Crippen molar-refractivity contribution in [1.29, 1.82) is 0 Å². The van der Waals surface area contributed by atoms with Crippen LogP contribution in [0, 0.1) is 11.8 Å². The van der Waals surface area contributed by atoms with E-state index in [0.717, 1.165) is 19.0 Å². The minimum atomic E-state index is 0.485. The van der Waals surface area contributed by atoms with E-state index < -0.39 is 0 Å². The van der Waals surface area contributed by atoms with Gasteiger partial charge >= 0.3 is 0 Å². The molecule has 0 spiro atoms. The molecule has 1 aliphatic rings. The zero-order chi connectivity index (χ0) is 13.0. The molecule has 1 aliphatic heterocycles. The quantitative estimate of drug-likeness (QED) is 0.741. The summed E-state index contributed by atoms with van der Waals surface area (Å²) in [7, 11) is 0. The second-order valence-corrected chi connectivity index (χ2v) is 6.22. The molecule has 0 amide bonds. The Hall–Kier alpha value is -0.340. The van der Waals surface area contributed by atoms with Gasteiger partial charge in [0.2, 0.25) is 0 Å². The SMILES string of the molecule is C=CC(C)N1CC(CC(C)C)NCC1C(C)C. The summed E-state index contributed by atoms with van der Waals surface area (Å²) < 4.78 is 0. The monoisotopic (exact) mass is 238 g/mol. The fourth-order valence-corrected chi connectivity index (χ4v) is 2.81. The molecule has 0 radical (unpaired) electrons. The molecule has 1 saturated heterocycles. The molecular weight excluding hydrogens is 208 g/mol. The number of rotatable bonds is 5. The van der Waals surface area contributed by atoms with Gasteiger partial charge in [-0.05, 0) is 25.2 Å². The molecule has 2 nitrogen and oxygen atoms in total. The van der Waals surface area contributed by atoms with Crippen molar-refractivity contribution >= 4 is 0 Å². The van der Waals surface area contributed by atoms with Gasteiger partial charge in [-0.2, -0.15) is 0 Å². The molecule has 17 heavy (non-hydrogen) atoms. The lowest BCUT2D eigenvalue weighted by molar-refractivity contribution is 0.0740. The topological polar surface area (TPSA) is 15.3 Å². The standard InChI is InChI=1S/C15H30N2/c1-7-13(6)17-10-14(8-11(2)3)16-9-15(17)12(4)5/h7,11-16H,1,8-10H2,2-6H3. The fourth-order valence-electron chi connectivity index (χ4n) is 2.81. The zero-order valence-corrected chi connectivity index (χ0v) is 12.2. The first kappa shape index (κ1) is 14.7. The van der Waals surface area contributed by atoms with Crippen LogP contribution in [-0.2, 0) is 0 Å². The van der Waals surface area contributed by atoms with Gasteiger partial charge in [0.25, 0.3) is 0 Å². The maximum atomic E-state index is 3.95. The van der Waals surface area contributed by atoms with Crippen LogP contribution in [0.25, 0.3) is 0 Å². The van der Waals surface area contributed by atoms with Crippen LogP contribution >= 0.6 is 0 Å². The van der Waals surface area contributed by atoms with Crippen LogP contribution in [0.2, 0.25) is 0 Å². The summed E-state index contributed by atoms with van der Waals surface area (Å²) in [6, 6.07) is 1.78. The predicted octanol–water partition coefficient (Wildman–Crippen LogP) is 2.91. The van der Waals surface area contributed by atoms with Gasteiger partial charge < -0.3 is 5.32 Å². The van der Waals surface area contributed by atoms with Gasteiger partial charge in [0, 0.05) is 31.2 Å². The zero-order valence-electron chi connectivity index (χ0n) is 12.2. The average Bonchev–Trinajstić information content (AvgIpc) is 2.26. The van der Waals surface area contributed by atoms with Crippen molar-refractivity contribution in [2.75, 3.05) is 13.1 Å². The molecule has 3 unspecified atom stereocenters. The molecule has 0 aromatic heterocycles. The van der Waals surface area contributed by atoms with E-state index in [-0.39, 0.29) is 0 Å². The third-order valence-corrected chi connectivity index (χ3v) is 3.86. The summed E-state index contributed by atoms with van der Waals surface area (Å²) in [5.41, 5.74) is 0. The Labute approximate surface area is 107 Å². The first-order valence-corrected chi connectivity index (χ1v) is 7.07. The van der Waals surface area contributed by atoms with Gasteiger partial charge in [0.05, 0.1) is 0 Å². The van der Waals surface area contributed by atoms with Crippen molar-refractivity contribution < 1.29 is 0 Å². The van der Waals surface area contributed by atoms with E-state index in [1.807, 2.05) is 0 Å². The molecule has 0 aliphatic carbocycles. The summed E-state index contributed by atoms with van der Waals surface area (Å²) in [5, 5.41) is 3.71. The van der Waals surface area contributed by atoms with Crippen LogP contribution in [0.1, 0.15) is 41.0 Å². The molecule has 0 aromatic rings. The van der Waals surface area contributed by atoms with Crippen molar-refractivity contribution in [1.82, 2.24) is 10.2 Å². The minimum absolute atomic E-state index is 0.485. The van der Waals surface area contributed by atoms with Crippen molar-refractivity contribution in [2.45, 2.75) is 59.2 Å². The van der Waals surface area contributed by atoms with Crippen molar-refractivity contribution in [3.63, 3.8) is 0 Å². The van der Waals surface area contributed by atoms with E-state index in [0.29, 0.717) is 24.0 Å². The Morgan fingerprint density at radius 3 is 2.41 bits per heavy atom. The van der Waals surface area contributed by atoms with E-state index in [4.69, 9.17) is 0 Å². The van der Waals surface area contributed by atoms with Gasteiger partial charge in [-0.3, -0.25) is 4.90 Å². The Morgan fingerprint density at radius 2 is 1.94 bits per heavy atom. The van der Waals surface area contributed by atoms with Crippen molar-refractivity contribution in [2.24, 2.45) is 11.8 Å². The number of nitrogens with one attached hydrogen (secondary N) is 1. The number of nitrogens with zero attached hydrogens (tertiary/aromatic N) is 1. The molecule has 0 bridgehead atoms.